The highest BCUT2D eigenvalue weighted by Crippen LogP contribution is 2.23. The summed E-state index contributed by atoms with van der Waals surface area (Å²) in [5.74, 6) is 2.21. The lowest BCUT2D eigenvalue weighted by molar-refractivity contribution is 0.0545. The van der Waals surface area contributed by atoms with E-state index in [1.165, 1.54) is 5.57 Å². The molecule has 1 N–H and O–H groups in total. The molecule has 0 aliphatic carbocycles. The van der Waals surface area contributed by atoms with Crippen molar-refractivity contribution in [2.45, 2.75) is 25.0 Å². The molecular weight excluding hydrogens is 210 g/mol. The van der Waals surface area contributed by atoms with Crippen molar-refractivity contribution in [1.82, 2.24) is 5.32 Å². The molecule has 0 aromatic rings. The number of rotatable bonds is 3. The van der Waals surface area contributed by atoms with Crippen LogP contribution >= 0.6 is 11.8 Å². The highest BCUT2D eigenvalue weighted by Gasteiger charge is 2.27. The van der Waals surface area contributed by atoms with Crippen molar-refractivity contribution in [3.8, 4) is 0 Å². The highest BCUT2D eigenvalue weighted by atomic mass is 32.2. The van der Waals surface area contributed by atoms with Gasteiger partial charge in [-0.15, -0.1) is 0 Å². The second kappa shape index (κ2) is 5.77. The van der Waals surface area contributed by atoms with Gasteiger partial charge in [0.15, 0.2) is 0 Å². The quantitative estimate of drug-likeness (QED) is 0.792. The lowest BCUT2D eigenvalue weighted by Crippen LogP contribution is -2.45. The lowest BCUT2D eigenvalue weighted by atomic mass is 9.98. The van der Waals surface area contributed by atoms with Gasteiger partial charge >= 0.3 is 0 Å². The van der Waals surface area contributed by atoms with Gasteiger partial charge in [0.25, 0.3) is 0 Å². The molecule has 86 valence electrons. The Balaban J connectivity index is 1.98. The predicted octanol–water partition coefficient (Wildman–Crippen LogP) is 1.40. The van der Waals surface area contributed by atoms with Crippen LogP contribution in [0.4, 0.5) is 0 Å². The van der Waals surface area contributed by atoms with Gasteiger partial charge in [0.1, 0.15) is 0 Å². The number of thioether (sulfide) groups is 1. The van der Waals surface area contributed by atoms with Gasteiger partial charge in [-0.05, 0) is 25.5 Å². The fourth-order valence-corrected chi connectivity index (χ4v) is 3.02. The molecule has 4 heteroatoms. The first kappa shape index (κ1) is 11.3. The largest absolute Gasteiger partial charge is 0.501 e. The SMILES string of the molecule is CNC(C1=COCCC1)C1CSCCO1. The number of hydrogen-bond acceptors (Lipinski definition) is 4. The van der Waals surface area contributed by atoms with Gasteiger partial charge in [0.05, 0.1) is 31.6 Å². The maximum atomic E-state index is 5.80. The summed E-state index contributed by atoms with van der Waals surface area (Å²) in [6.45, 7) is 1.74. The molecule has 2 rings (SSSR count). The van der Waals surface area contributed by atoms with E-state index in [2.05, 4.69) is 5.32 Å². The summed E-state index contributed by atoms with van der Waals surface area (Å²) in [7, 11) is 2.00. The van der Waals surface area contributed by atoms with Crippen molar-refractivity contribution < 1.29 is 9.47 Å². The normalized spacial score (nSPS) is 29.1. The van der Waals surface area contributed by atoms with Gasteiger partial charge in [-0.3, -0.25) is 0 Å². The van der Waals surface area contributed by atoms with Gasteiger partial charge in [0.2, 0.25) is 0 Å². The predicted molar refractivity (Wildman–Crippen MR) is 63.2 cm³/mol. The van der Waals surface area contributed by atoms with E-state index >= 15 is 0 Å². The minimum atomic E-state index is 0.307. The Kier molecular flexibility index (Phi) is 4.35. The maximum absolute atomic E-state index is 5.80. The average molecular weight is 229 g/mol. The van der Waals surface area contributed by atoms with Gasteiger partial charge < -0.3 is 14.8 Å². The van der Waals surface area contributed by atoms with Crippen LogP contribution in [0.15, 0.2) is 11.8 Å². The van der Waals surface area contributed by atoms with Crippen LogP contribution in [-0.4, -0.2) is 43.9 Å². The van der Waals surface area contributed by atoms with Gasteiger partial charge in [0, 0.05) is 11.5 Å². The summed E-state index contributed by atoms with van der Waals surface area (Å²) < 4.78 is 11.2. The summed E-state index contributed by atoms with van der Waals surface area (Å²) in [5, 5.41) is 3.35. The Morgan fingerprint density at radius 1 is 1.53 bits per heavy atom. The van der Waals surface area contributed by atoms with Gasteiger partial charge in [-0.25, -0.2) is 0 Å². The Labute approximate surface area is 95.6 Å². The Morgan fingerprint density at radius 2 is 2.47 bits per heavy atom. The summed E-state index contributed by atoms with van der Waals surface area (Å²) in [6.07, 6.45) is 4.49. The average Bonchev–Trinajstić information content (AvgIpc) is 2.33. The van der Waals surface area contributed by atoms with Crippen LogP contribution in [0.5, 0.6) is 0 Å². The summed E-state index contributed by atoms with van der Waals surface area (Å²) in [5.41, 5.74) is 1.36. The van der Waals surface area contributed by atoms with E-state index in [0.717, 1.165) is 37.6 Å². The molecule has 2 unspecified atom stereocenters. The molecule has 2 atom stereocenters. The minimum absolute atomic E-state index is 0.307. The number of ether oxygens (including phenoxy) is 2. The second-order valence-electron chi connectivity index (χ2n) is 3.92. The van der Waals surface area contributed by atoms with Crippen LogP contribution in [0.1, 0.15) is 12.8 Å². The zero-order valence-corrected chi connectivity index (χ0v) is 10.0. The third-order valence-corrected chi connectivity index (χ3v) is 3.91. The van der Waals surface area contributed by atoms with E-state index in [0.29, 0.717) is 12.1 Å². The standard InChI is InChI=1S/C11H19NO2S/c1-12-11(9-3-2-4-13-7-9)10-8-15-6-5-14-10/h7,10-12H,2-6,8H2,1H3. The first-order valence-electron chi connectivity index (χ1n) is 5.59. The van der Waals surface area contributed by atoms with E-state index in [1.807, 2.05) is 25.1 Å². The van der Waals surface area contributed by atoms with Gasteiger partial charge in [-0.2, -0.15) is 11.8 Å². The van der Waals surface area contributed by atoms with Crippen LogP contribution in [0, 0.1) is 0 Å². The molecular formula is C11H19NO2S. The molecule has 0 saturated carbocycles. The summed E-state index contributed by atoms with van der Waals surface area (Å²) in [6, 6.07) is 0.332. The van der Waals surface area contributed by atoms with E-state index in [9.17, 15) is 0 Å². The molecule has 1 saturated heterocycles. The minimum Gasteiger partial charge on any atom is -0.501 e. The highest BCUT2D eigenvalue weighted by molar-refractivity contribution is 7.99. The van der Waals surface area contributed by atoms with Crippen LogP contribution in [0.3, 0.4) is 0 Å². The number of likely N-dealkylation sites (N-methyl/N-ethyl adjacent to an activating group) is 1. The second-order valence-corrected chi connectivity index (χ2v) is 5.07. The molecule has 0 radical (unpaired) electrons. The van der Waals surface area contributed by atoms with E-state index in [4.69, 9.17) is 9.47 Å². The van der Waals surface area contributed by atoms with Crippen molar-refractivity contribution in [3.05, 3.63) is 11.8 Å². The molecule has 3 nitrogen and oxygen atoms in total. The van der Waals surface area contributed by atoms with E-state index in [-0.39, 0.29) is 0 Å². The number of nitrogens with one attached hydrogen (secondary N) is 1. The lowest BCUT2D eigenvalue weighted by Gasteiger charge is -2.32. The van der Waals surface area contributed by atoms with Crippen molar-refractivity contribution in [2.24, 2.45) is 0 Å². The molecule has 0 spiro atoms. The summed E-state index contributed by atoms with van der Waals surface area (Å²) in [4.78, 5) is 0. The molecule has 0 aromatic heterocycles. The third-order valence-electron chi connectivity index (χ3n) is 2.89. The smallest absolute Gasteiger partial charge is 0.0876 e. The Hall–Kier alpha value is -0.190. The maximum Gasteiger partial charge on any atom is 0.0876 e. The molecule has 0 bridgehead atoms. The van der Waals surface area contributed by atoms with Crippen LogP contribution < -0.4 is 5.32 Å². The topological polar surface area (TPSA) is 30.5 Å². The molecule has 15 heavy (non-hydrogen) atoms. The van der Waals surface area contributed by atoms with Crippen LogP contribution in [0.25, 0.3) is 0 Å². The van der Waals surface area contributed by atoms with Crippen molar-refractivity contribution in [1.29, 1.82) is 0 Å². The zero-order valence-electron chi connectivity index (χ0n) is 9.20. The fourth-order valence-electron chi connectivity index (χ4n) is 2.12. The van der Waals surface area contributed by atoms with E-state index < -0.39 is 0 Å². The Morgan fingerprint density at radius 3 is 3.07 bits per heavy atom. The van der Waals surface area contributed by atoms with Crippen molar-refractivity contribution in [3.63, 3.8) is 0 Å². The number of hydrogen-bond donors (Lipinski definition) is 1. The first-order valence-corrected chi connectivity index (χ1v) is 6.74. The Bertz CT molecular complexity index is 227. The zero-order chi connectivity index (χ0) is 10.5. The van der Waals surface area contributed by atoms with Crippen molar-refractivity contribution in [2.75, 3.05) is 31.8 Å². The molecule has 2 aliphatic heterocycles. The first-order chi connectivity index (χ1) is 7.42. The van der Waals surface area contributed by atoms with Crippen LogP contribution in [-0.2, 0) is 9.47 Å². The summed E-state index contributed by atoms with van der Waals surface area (Å²) >= 11 is 1.98. The molecule has 0 amide bonds. The van der Waals surface area contributed by atoms with Crippen LogP contribution in [0.2, 0.25) is 0 Å². The third kappa shape index (κ3) is 2.89. The van der Waals surface area contributed by atoms with E-state index in [1.54, 1.807) is 0 Å². The molecule has 2 aliphatic rings. The van der Waals surface area contributed by atoms with Crippen molar-refractivity contribution >= 4 is 11.8 Å². The fraction of sp³-hybridized carbons (Fsp3) is 0.818. The molecule has 1 fully saturated rings. The van der Waals surface area contributed by atoms with Gasteiger partial charge in [-0.1, -0.05) is 0 Å². The molecule has 0 aromatic carbocycles. The monoisotopic (exact) mass is 229 g/mol. The molecule has 2 heterocycles.